The van der Waals surface area contributed by atoms with E-state index in [9.17, 15) is 9.90 Å². The third kappa shape index (κ3) is 6.79. The van der Waals surface area contributed by atoms with Crippen LogP contribution < -0.4 is 0 Å². The van der Waals surface area contributed by atoms with Crippen molar-refractivity contribution in [3.8, 4) is 0 Å². The fraction of sp³-hybridized carbons (Fsp3) is 0.828. The number of Topliss-reactive ketones (excluding diaryl/α,β-unsaturated/α-hetero) is 1. The van der Waals surface area contributed by atoms with Gasteiger partial charge in [0.1, 0.15) is 0 Å². The molecule has 3 heteroatoms. The fourth-order valence-electron chi connectivity index (χ4n) is 5.59. The van der Waals surface area contributed by atoms with E-state index < -0.39 is 5.79 Å². The molecular formula is C29H50O3. The summed E-state index contributed by atoms with van der Waals surface area (Å²) < 4.78 is 6.40. The van der Waals surface area contributed by atoms with E-state index in [2.05, 4.69) is 34.6 Å². The molecule has 3 nitrogen and oxygen atoms in total. The lowest BCUT2D eigenvalue weighted by atomic mass is 9.75. The molecule has 1 aliphatic heterocycles. The first-order valence-corrected chi connectivity index (χ1v) is 13.2. The average Bonchev–Trinajstić information content (AvgIpc) is 2.70. The van der Waals surface area contributed by atoms with Gasteiger partial charge in [-0.3, -0.25) is 4.79 Å². The molecular weight excluding hydrogens is 396 g/mol. The van der Waals surface area contributed by atoms with Gasteiger partial charge in [-0.2, -0.15) is 0 Å². The van der Waals surface area contributed by atoms with Crippen molar-refractivity contribution in [3.05, 3.63) is 22.3 Å². The highest BCUT2D eigenvalue weighted by molar-refractivity contribution is 6.10. The zero-order valence-corrected chi connectivity index (χ0v) is 22.3. The third-order valence-electron chi connectivity index (χ3n) is 8.19. The van der Waals surface area contributed by atoms with Crippen molar-refractivity contribution >= 4 is 5.78 Å². The van der Waals surface area contributed by atoms with Crippen LogP contribution in [-0.4, -0.2) is 22.3 Å². The maximum absolute atomic E-state index is 12.5. The number of carbonyl (C=O) groups is 1. The topological polar surface area (TPSA) is 46.5 Å². The molecule has 184 valence electrons. The van der Waals surface area contributed by atoms with Crippen LogP contribution in [0.4, 0.5) is 0 Å². The fourth-order valence-corrected chi connectivity index (χ4v) is 5.59. The lowest BCUT2D eigenvalue weighted by Crippen LogP contribution is -2.52. The molecule has 2 rings (SSSR count). The SMILES string of the molecule is CC1=C(C)C2(O)OC(C)(CCCC(C)CCCC(C)CCCC(C)C)CCC2=C(C)C1=O. The van der Waals surface area contributed by atoms with E-state index in [1.54, 1.807) is 6.92 Å². The number of allylic oxidation sites excluding steroid dienone is 2. The van der Waals surface area contributed by atoms with Gasteiger partial charge in [-0.1, -0.05) is 79.1 Å². The van der Waals surface area contributed by atoms with Gasteiger partial charge in [-0.05, 0) is 75.9 Å². The molecule has 0 aromatic carbocycles. The number of carbonyl (C=O) groups excluding carboxylic acids is 1. The first-order chi connectivity index (χ1) is 14.9. The maximum Gasteiger partial charge on any atom is 0.213 e. The highest BCUT2D eigenvalue weighted by Crippen LogP contribution is 2.48. The Bertz CT molecular complexity index is 716. The van der Waals surface area contributed by atoms with Gasteiger partial charge in [0.25, 0.3) is 0 Å². The molecule has 4 unspecified atom stereocenters. The summed E-state index contributed by atoms with van der Waals surface area (Å²) in [5.74, 6) is 1.07. The number of aliphatic hydroxyl groups is 1. The Morgan fingerprint density at radius 1 is 0.875 bits per heavy atom. The summed E-state index contributed by atoms with van der Waals surface area (Å²) in [7, 11) is 0. The Balaban J connectivity index is 1.77. The minimum absolute atomic E-state index is 0.0532. The molecule has 4 atom stereocenters. The van der Waals surface area contributed by atoms with E-state index in [1.807, 2.05) is 13.8 Å². The minimum Gasteiger partial charge on any atom is -0.359 e. The first-order valence-electron chi connectivity index (χ1n) is 13.2. The van der Waals surface area contributed by atoms with Gasteiger partial charge in [0.15, 0.2) is 5.78 Å². The minimum atomic E-state index is -1.40. The molecule has 1 fully saturated rings. The summed E-state index contributed by atoms with van der Waals surface area (Å²) in [5, 5.41) is 11.4. The monoisotopic (exact) mass is 446 g/mol. The van der Waals surface area contributed by atoms with Crippen molar-refractivity contribution in [2.75, 3.05) is 0 Å². The molecule has 0 spiro atoms. The van der Waals surface area contributed by atoms with Crippen LogP contribution in [0.25, 0.3) is 0 Å². The van der Waals surface area contributed by atoms with E-state index >= 15 is 0 Å². The smallest absolute Gasteiger partial charge is 0.213 e. The lowest BCUT2D eigenvalue weighted by molar-refractivity contribution is -0.239. The van der Waals surface area contributed by atoms with Crippen LogP contribution in [0.3, 0.4) is 0 Å². The van der Waals surface area contributed by atoms with Crippen molar-refractivity contribution in [3.63, 3.8) is 0 Å². The van der Waals surface area contributed by atoms with Crippen molar-refractivity contribution in [1.29, 1.82) is 0 Å². The van der Waals surface area contributed by atoms with Gasteiger partial charge in [-0.15, -0.1) is 0 Å². The first kappa shape index (κ1) is 27.3. The molecule has 1 aliphatic carbocycles. The van der Waals surface area contributed by atoms with Crippen LogP contribution in [0.2, 0.25) is 0 Å². The molecule has 1 N–H and O–H groups in total. The van der Waals surface area contributed by atoms with Gasteiger partial charge in [0, 0.05) is 11.1 Å². The van der Waals surface area contributed by atoms with Crippen LogP contribution in [-0.2, 0) is 9.53 Å². The zero-order valence-electron chi connectivity index (χ0n) is 22.3. The van der Waals surface area contributed by atoms with Crippen LogP contribution in [0.1, 0.15) is 126 Å². The van der Waals surface area contributed by atoms with E-state index in [-0.39, 0.29) is 11.4 Å². The van der Waals surface area contributed by atoms with Crippen LogP contribution in [0.15, 0.2) is 22.3 Å². The van der Waals surface area contributed by atoms with Gasteiger partial charge in [-0.25, -0.2) is 0 Å². The molecule has 0 radical (unpaired) electrons. The second-order valence-electron chi connectivity index (χ2n) is 11.7. The summed E-state index contributed by atoms with van der Waals surface area (Å²) in [6, 6.07) is 0. The van der Waals surface area contributed by atoms with Crippen molar-refractivity contribution < 1.29 is 14.6 Å². The normalized spacial score (nSPS) is 28.4. The number of fused-ring (bicyclic) bond motifs is 1. The lowest BCUT2D eigenvalue weighted by Gasteiger charge is -2.48. The van der Waals surface area contributed by atoms with Gasteiger partial charge < -0.3 is 9.84 Å². The molecule has 1 saturated heterocycles. The molecule has 0 aromatic heterocycles. The molecule has 0 amide bonds. The predicted molar refractivity (Wildman–Crippen MR) is 134 cm³/mol. The molecule has 0 saturated carbocycles. The average molecular weight is 447 g/mol. The Morgan fingerprint density at radius 3 is 1.97 bits per heavy atom. The maximum atomic E-state index is 12.5. The summed E-state index contributed by atoms with van der Waals surface area (Å²) in [4.78, 5) is 12.5. The summed E-state index contributed by atoms with van der Waals surface area (Å²) >= 11 is 0. The molecule has 32 heavy (non-hydrogen) atoms. The van der Waals surface area contributed by atoms with E-state index in [1.165, 1.54) is 44.9 Å². The number of hydrogen-bond acceptors (Lipinski definition) is 3. The Kier molecular flexibility index (Phi) is 9.79. The van der Waals surface area contributed by atoms with E-state index in [0.29, 0.717) is 16.7 Å². The molecule has 1 heterocycles. The number of ether oxygens (including phenoxy) is 1. The van der Waals surface area contributed by atoms with E-state index in [4.69, 9.17) is 4.74 Å². The summed E-state index contributed by atoms with van der Waals surface area (Å²) in [6.07, 6.45) is 13.0. The van der Waals surface area contributed by atoms with Crippen LogP contribution in [0, 0.1) is 17.8 Å². The van der Waals surface area contributed by atoms with Crippen LogP contribution >= 0.6 is 0 Å². The Morgan fingerprint density at radius 2 is 1.41 bits per heavy atom. The van der Waals surface area contributed by atoms with Crippen LogP contribution in [0.5, 0.6) is 0 Å². The van der Waals surface area contributed by atoms with Crippen molar-refractivity contribution in [2.24, 2.45) is 17.8 Å². The number of rotatable bonds is 12. The quantitative estimate of drug-likeness (QED) is 0.331. The predicted octanol–water partition coefficient (Wildman–Crippen LogP) is 7.92. The van der Waals surface area contributed by atoms with Crippen molar-refractivity contribution in [2.45, 2.75) is 137 Å². The standard InChI is InChI=1S/C29H50O3/c1-20(2)12-9-13-21(3)14-10-15-22(4)16-11-18-28(8)19-17-26-24(6)27(30)23(5)25(7)29(26,31)32-28/h20-22,31H,9-19H2,1-8H3. The highest BCUT2D eigenvalue weighted by Gasteiger charge is 2.50. The Labute approximate surface area is 198 Å². The zero-order chi connectivity index (χ0) is 24.1. The number of ketones is 1. The van der Waals surface area contributed by atoms with E-state index in [0.717, 1.165) is 49.0 Å². The largest absolute Gasteiger partial charge is 0.359 e. The summed E-state index contributed by atoms with van der Waals surface area (Å²) in [5.41, 5.74) is 2.41. The molecule has 2 aliphatic rings. The second kappa shape index (κ2) is 11.5. The van der Waals surface area contributed by atoms with Crippen molar-refractivity contribution in [1.82, 2.24) is 0 Å². The molecule has 0 bridgehead atoms. The van der Waals surface area contributed by atoms with Gasteiger partial charge >= 0.3 is 0 Å². The third-order valence-corrected chi connectivity index (χ3v) is 8.19. The van der Waals surface area contributed by atoms with Gasteiger partial charge in [0.2, 0.25) is 5.79 Å². The highest BCUT2D eigenvalue weighted by atomic mass is 16.6. The summed E-state index contributed by atoms with van der Waals surface area (Å²) in [6.45, 7) is 17.0. The molecule has 0 aromatic rings. The van der Waals surface area contributed by atoms with Gasteiger partial charge in [0.05, 0.1) is 5.60 Å². The second-order valence-corrected chi connectivity index (χ2v) is 11.7. The Hall–Kier alpha value is -0.930. The number of hydrogen-bond donors (Lipinski definition) is 1.